The standard InChI is InChI=1S/C24H29NO3Si/c1-24(2,3)29(4,5)17-9-12-21(23(27)28)25-22(26)20-15-13-19(14-16-20)18-10-7-6-8-11-18/h6-8,10-11,13-16,21H,12H2,1-5H3,(H,25,26)(H,27,28)/t21-/m0/s1. The van der Waals surface area contributed by atoms with Crippen LogP contribution < -0.4 is 5.32 Å². The molecule has 29 heavy (non-hydrogen) atoms. The van der Waals surface area contributed by atoms with Crippen LogP contribution in [0.3, 0.4) is 0 Å². The van der Waals surface area contributed by atoms with E-state index in [0.717, 1.165) is 11.1 Å². The predicted molar refractivity (Wildman–Crippen MR) is 120 cm³/mol. The van der Waals surface area contributed by atoms with Crippen molar-refractivity contribution in [2.75, 3.05) is 0 Å². The first-order valence-corrected chi connectivity index (χ1v) is 12.7. The summed E-state index contributed by atoms with van der Waals surface area (Å²) in [6.45, 7) is 10.8. The minimum absolute atomic E-state index is 0.0929. The van der Waals surface area contributed by atoms with Crippen molar-refractivity contribution in [3.8, 4) is 22.6 Å². The van der Waals surface area contributed by atoms with Gasteiger partial charge in [0.2, 0.25) is 0 Å². The lowest BCUT2D eigenvalue weighted by Crippen LogP contribution is -2.41. The number of hydrogen-bond acceptors (Lipinski definition) is 2. The van der Waals surface area contributed by atoms with E-state index in [1.165, 1.54) is 0 Å². The van der Waals surface area contributed by atoms with E-state index in [1.807, 2.05) is 42.5 Å². The van der Waals surface area contributed by atoms with Crippen LogP contribution >= 0.6 is 0 Å². The van der Waals surface area contributed by atoms with E-state index in [-0.39, 0.29) is 11.5 Å². The third kappa shape index (κ3) is 6.07. The normalized spacial score (nSPS) is 12.4. The molecule has 1 atom stereocenters. The number of rotatable bonds is 5. The van der Waals surface area contributed by atoms with E-state index < -0.39 is 26.0 Å². The topological polar surface area (TPSA) is 66.4 Å². The molecule has 0 radical (unpaired) electrons. The van der Waals surface area contributed by atoms with Gasteiger partial charge in [-0.25, -0.2) is 4.79 Å². The Morgan fingerprint density at radius 3 is 2.07 bits per heavy atom. The summed E-state index contributed by atoms with van der Waals surface area (Å²) < 4.78 is 0. The number of carboxylic acid groups (broad SMARTS) is 1. The largest absolute Gasteiger partial charge is 0.480 e. The summed E-state index contributed by atoms with van der Waals surface area (Å²) in [5.74, 6) is 1.53. The number of benzene rings is 2. The van der Waals surface area contributed by atoms with Crippen LogP contribution in [0, 0.1) is 11.5 Å². The van der Waals surface area contributed by atoms with E-state index in [1.54, 1.807) is 12.1 Å². The van der Waals surface area contributed by atoms with Crippen LogP contribution in [0.2, 0.25) is 18.1 Å². The molecule has 152 valence electrons. The first-order chi connectivity index (χ1) is 13.5. The summed E-state index contributed by atoms with van der Waals surface area (Å²) in [5.41, 5.74) is 5.78. The summed E-state index contributed by atoms with van der Waals surface area (Å²) in [4.78, 5) is 24.1. The predicted octanol–water partition coefficient (Wildman–Crippen LogP) is 4.98. The van der Waals surface area contributed by atoms with Crippen molar-refractivity contribution < 1.29 is 14.7 Å². The highest BCUT2D eigenvalue weighted by atomic mass is 28.3. The zero-order valence-corrected chi connectivity index (χ0v) is 18.7. The molecule has 0 bridgehead atoms. The number of amides is 1. The van der Waals surface area contributed by atoms with Crippen LogP contribution in [0.5, 0.6) is 0 Å². The van der Waals surface area contributed by atoms with E-state index in [9.17, 15) is 14.7 Å². The maximum atomic E-state index is 12.5. The smallest absolute Gasteiger partial charge is 0.327 e. The second kappa shape index (κ2) is 9.10. The van der Waals surface area contributed by atoms with E-state index in [4.69, 9.17) is 0 Å². The van der Waals surface area contributed by atoms with Gasteiger partial charge in [-0.2, -0.15) is 0 Å². The van der Waals surface area contributed by atoms with Gasteiger partial charge in [0.1, 0.15) is 14.1 Å². The fourth-order valence-corrected chi connectivity index (χ4v) is 3.37. The summed E-state index contributed by atoms with van der Waals surface area (Å²) in [7, 11) is -1.82. The average molecular weight is 408 g/mol. The fourth-order valence-electron chi connectivity index (χ4n) is 2.45. The Hall–Kier alpha value is -2.84. The molecule has 0 saturated carbocycles. The van der Waals surface area contributed by atoms with Crippen LogP contribution in [0.1, 0.15) is 37.6 Å². The second-order valence-corrected chi connectivity index (χ2v) is 13.7. The van der Waals surface area contributed by atoms with Gasteiger partial charge in [-0.15, -0.1) is 11.5 Å². The number of carbonyl (C=O) groups excluding carboxylic acids is 1. The molecule has 0 spiro atoms. The van der Waals surface area contributed by atoms with Crippen LogP contribution in [-0.4, -0.2) is 31.1 Å². The summed E-state index contributed by atoms with van der Waals surface area (Å²) in [6.07, 6.45) is 0.0929. The Morgan fingerprint density at radius 2 is 1.55 bits per heavy atom. The van der Waals surface area contributed by atoms with Crippen LogP contribution in [0.15, 0.2) is 54.6 Å². The van der Waals surface area contributed by atoms with Crippen molar-refractivity contribution in [2.24, 2.45) is 0 Å². The Labute approximate surface area is 174 Å². The van der Waals surface area contributed by atoms with Crippen molar-refractivity contribution >= 4 is 20.0 Å². The van der Waals surface area contributed by atoms with Crippen molar-refractivity contribution in [3.63, 3.8) is 0 Å². The molecule has 0 aromatic heterocycles. The summed E-state index contributed by atoms with van der Waals surface area (Å²) in [6, 6.07) is 16.0. The summed E-state index contributed by atoms with van der Waals surface area (Å²) >= 11 is 0. The number of carbonyl (C=O) groups is 2. The second-order valence-electron chi connectivity index (χ2n) is 8.69. The highest BCUT2D eigenvalue weighted by Gasteiger charge is 2.33. The molecule has 0 unspecified atom stereocenters. The third-order valence-electron chi connectivity index (χ3n) is 5.44. The van der Waals surface area contributed by atoms with Gasteiger partial charge < -0.3 is 10.4 Å². The van der Waals surface area contributed by atoms with Gasteiger partial charge in [-0.05, 0) is 28.3 Å². The fraction of sp³-hybridized carbons (Fsp3) is 0.333. The number of hydrogen-bond donors (Lipinski definition) is 2. The van der Waals surface area contributed by atoms with Gasteiger partial charge in [0, 0.05) is 12.0 Å². The SMILES string of the molecule is CC(C)(C)[Si](C)(C)C#CC[C@H](NC(=O)c1ccc(-c2ccccc2)cc1)C(=O)O. The van der Waals surface area contributed by atoms with Crippen LogP contribution in [-0.2, 0) is 4.79 Å². The zero-order chi connectivity index (χ0) is 21.7. The molecule has 1 amide bonds. The minimum Gasteiger partial charge on any atom is -0.480 e. The number of carboxylic acids is 1. The lowest BCUT2D eigenvalue weighted by atomic mass is 10.0. The van der Waals surface area contributed by atoms with Gasteiger partial charge in [-0.3, -0.25) is 4.79 Å². The van der Waals surface area contributed by atoms with Crippen LogP contribution in [0.25, 0.3) is 11.1 Å². The molecule has 0 aliphatic heterocycles. The highest BCUT2D eigenvalue weighted by molar-refractivity contribution is 6.87. The number of aliphatic carboxylic acids is 1. The first-order valence-electron chi connectivity index (χ1n) is 9.70. The van der Waals surface area contributed by atoms with Gasteiger partial charge >= 0.3 is 5.97 Å². The molecule has 0 aliphatic carbocycles. The van der Waals surface area contributed by atoms with E-state index in [0.29, 0.717) is 5.56 Å². The molecule has 5 heteroatoms. The monoisotopic (exact) mass is 407 g/mol. The minimum atomic E-state index is -1.82. The van der Waals surface area contributed by atoms with E-state index >= 15 is 0 Å². The van der Waals surface area contributed by atoms with Crippen molar-refractivity contribution in [3.05, 3.63) is 60.2 Å². The third-order valence-corrected chi connectivity index (χ3v) is 9.99. The molecule has 0 saturated heterocycles. The van der Waals surface area contributed by atoms with Crippen molar-refractivity contribution in [2.45, 2.75) is 51.4 Å². The van der Waals surface area contributed by atoms with Gasteiger partial charge in [0.15, 0.2) is 0 Å². The number of nitrogens with one attached hydrogen (secondary N) is 1. The first kappa shape index (κ1) is 22.4. The molecular formula is C24H29NO3Si. The molecule has 2 aromatic rings. The molecular weight excluding hydrogens is 378 g/mol. The van der Waals surface area contributed by atoms with Gasteiger partial charge in [0.05, 0.1) is 0 Å². The summed E-state index contributed by atoms with van der Waals surface area (Å²) in [5, 5.41) is 12.2. The Morgan fingerprint density at radius 1 is 1.00 bits per heavy atom. The molecule has 4 nitrogen and oxygen atoms in total. The van der Waals surface area contributed by atoms with Crippen molar-refractivity contribution in [1.29, 1.82) is 0 Å². The zero-order valence-electron chi connectivity index (χ0n) is 17.7. The van der Waals surface area contributed by atoms with Gasteiger partial charge in [-0.1, -0.05) is 76.3 Å². The maximum absolute atomic E-state index is 12.5. The van der Waals surface area contributed by atoms with Crippen LogP contribution in [0.4, 0.5) is 0 Å². The van der Waals surface area contributed by atoms with Crippen molar-refractivity contribution in [1.82, 2.24) is 5.32 Å². The molecule has 2 N–H and O–H groups in total. The molecule has 0 aliphatic rings. The molecule has 2 rings (SSSR count). The lowest BCUT2D eigenvalue weighted by molar-refractivity contribution is -0.139. The Balaban J connectivity index is 2.08. The highest BCUT2D eigenvalue weighted by Crippen LogP contribution is 2.35. The van der Waals surface area contributed by atoms with E-state index in [2.05, 4.69) is 50.6 Å². The molecule has 0 heterocycles. The maximum Gasteiger partial charge on any atom is 0.327 e. The quantitative estimate of drug-likeness (QED) is 0.543. The molecule has 2 aromatic carbocycles. The molecule has 0 fully saturated rings. The Bertz CT molecular complexity index is 917. The van der Waals surface area contributed by atoms with Gasteiger partial charge in [0.25, 0.3) is 5.91 Å². The Kier molecular flexibility index (Phi) is 7.05. The average Bonchev–Trinajstić information content (AvgIpc) is 2.66. The lowest BCUT2D eigenvalue weighted by Gasteiger charge is -2.31.